The van der Waals surface area contributed by atoms with E-state index in [1.807, 2.05) is 6.92 Å². The van der Waals surface area contributed by atoms with E-state index in [4.69, 9.17) is 9.84 Å². The van der Waals surface area contributed by atoms with Gasteiger partial charge in [0.05, 0.1) is 11.8 Å². The van der Waals surface area contributed by atoms with Gasteiger partial charge in [-0.15, -0.1) is 5.10 Å². The number of hydrogen-bond acceptors (Lipinski definition) is 6. The topological polar surface area (TPSA) is 90.1 Å². The highest BCUT2D eigenvalue weighted by Crippen LogP contribution is 2.19. The second kappa shape index (κ2) is 6.44. The van der Waals surface area contributed by atoms with Crippen LogP contribution in [-0.2, 0) is 9.53 Å². The van der Waals surface area contributed by atoms with E-state index < -0.39 is 5.97 Å². The van der Waals surface area contributed by atoms with E-state index >= 15 is 0 Å². The number of ether oxygens (including phenoxy) is 1. The van der Waals surface area contributed by atoms with Crippen molar-refractivity contribution < 1.29 is 14.6 Å². The molecule has 16 heavy (non-hydrogen) atoms. The molecular weight excluding hydrogens is 232 g/mol. The standard InChI is InChI=1S/C8H14N4O3S/c1-6(3-4-15-2)12-8(9-10-11-12)16-5-7(13)14/h6H,3-5H2,1-2H3,(H,13,14). The van der Waals surface area contributed by atoms with Gasteiger partial charge in [-0.3, -0.25) is 4.79 Å². The number of nitrogens with zero attached hydrogens (tertiary/aromatic N) is 4. The highest BCUT2D eigenvalue weighted by molar-refractivity contribution is 7.99. The normalized spacial score (nSPS) is 12.6. The van der Waals surface area contributed by atoms with Crippen LogP contribution in [0.3, 0.4) is 0 Å². The zero-order valence-electron chi connectivity index (χ0n) is 9.16. The van der Waals surface area contributed by atoms with Gasteiger partial charge < -0.3 is 9.84 Å². The Kier molecular flexibility index (Phi) is 5.20. The average molecular weight is 246 g/mol. The smallest absolute Gasteiger partial charge is 0.313 e. The van der Waals surface area contributed by atoms with Crippen molar-refractivity contribution in [2.24, 2.45) is 0 Å². The largest absolute Gasteiger partial charge is 0.481 e. The maximum atomic E-state index is 10.4. The molecule has 1 N–H and O–H groups in total. The van der Waals surface area contributed by atoms with E-state index in [0.717, 1.165) is 18.2 Å². The lowest BCUT2D eigenvalue weighted by atomic mass is 10.2. The minimum Gasteiger partial charge on any atom is -0.481 e. The van der Waals surface area contributed by atoms with E-state index in [1.54, 1.807) is 11.8 Å². The minimum atomic E-state index is -0.885. The number of rotatable bonds is 7. The predicted molar refractivity (Wildman–Crippen MR) is 57.4 cm³/mol. The van der Waals surface area contributed by atoms with Gasteiger partial charge in [0.1, 0.15) is 0 Å². The summed E-state index contributed by atoms with van der Waals surface area (Å²) in [6, 6.07) is 0.0891. The van der Waals surface area contributed by atoms with E-state index in [1.165, 1.54) is 0 Å². The fourth-order valence-electron chi connectivity index (χ4n) is 1.09. The minimum absolute atomic E-state index is 0.0443. The Hall–Kier alpha value is -1.15. The van der Waals surface area contributed by atoms with E-state index in [0.29, 0.717) is 11.8 Å². The molecule has 0 fully saturated rings. The monoisotopic (exact) mass is 246 g/mol. The van der Waals surface area contributed by atoms with Crippen LogP contribution in [0, 0.1) is 0 Å². The van der Waals surface area contributed by atoms with Crippen LogP contribution in [0.2, 0.25) is 0 Å². The molecule has 0 bridgehead atoms. The highest BCUT2D eigenvalue weighted by Gasteiger charge is 2.14. The number of aliphatic carboxylic acids is 1. The molecule has 0 radical (unpaired) electrons. The number of thioether (sulfide) groups is 1. The maximum absolute atomic E-state index is 10.4. The molecule has 1 heterocycles. The van der Waals surface area contributed by atoms with Crippen molar-refractivity contribution in [3.63, 3.8) is 0 Å². The molecule has 1 aromatic heterocycles. The Balaban J connectivity index is 2.58. The van der Waals surface area contributed by atoms with Gasteiger partial charge in [0.2, 0.25) is 5.16 Å². The Labute approximate surface area is 97.2 Å². The number of aromatic nitrogens is 4. The summed E-state index contributed by atoms with van der Waals surface area (Å²) in [6.07, 6.45) is 0.780. The lowest BCUT2D eigenvalue weighted by molar-refractivity contribution is -0.133. The van der Waals surface area contributed by atoms with Crippen LogP contribution in [0.5, 0.6) is 0 Å². The summed E-state index contributed by atoms with van der Waals surface area (Å²) in [4.78, 5) is 10.4. The molecule has 7 nitrogen and oxygen atoms in total. The SMILES string of the molecule is COCCC(C)n1nnnc1SCC(=O)O. The molecule has 0 aliphatic rings. The van der Waals surface area contributed by atoms with Gasteiger partial charge in [-0.2, -0.15) is 0 Å². The Morgan fingerprint density at radius 3 is 3.06 bits per heavy atom. The van der Waals surface area contributed by atoms with Gasteiger partial charge in [0.25, 0.3) is 0 Å². The third-order valence-electron chi connectivity index (χ3n) is 1.94. The summed E-state index contributed by atoms with van der Waals surface area (Å²) in [7, 11) is 1.63. The lowest BCUT2D eigenvalue weighted by Gasteiger charge is -2.11. The Bertz CT molecular complexity index is 344. The summed E-state index contributed by atoms with van der Waals surface area (Å²) in [5, 5.41) is 20.2. The highest BCUT2D eigenvalue weighted by atomic mass is 32.2. The van der Waals surface area contributed by atoms with Crippen LogP contribution in [0.25, 0.3) is 0 Å². The molecule has 0 amide bonds. The van der Waals surface area contributed by atoms with Crippen LogP contribution in [0.1, 0.15) is 19.4 Å². The van der Waals surface area contributed by atoms with Gasteiger partial charge in [0, 0.05) is 13.7 Å². The fourth-order valence-corrected chi connectivity index (χ4v) is 1.79. The molecule has 0 saturated carbocycles. The number of carboxylic acids is 1. The fraction of sp³-hybridized carbons (Fsp3) is 0.750. The zero-order valence-corrected chi connectivity index (χ0v) is 9.98. The molecule has 1 rings (SSSR count). The Morgan fingerprint density at radius 1 is 1.69 bits per heavy atom. The van der Waals surface area contributed by atoms with E-state index in [-0.39, 0.29) is 11.8 Å². The van der Waals surface area contributed by atoms with Crippen molar-refractivity contribution in [2.75, 3.05) is 19.5 Å². The predicted octanol–water partition coefficient (Wildman–Crippen LogP) is 0.447. The first-order chi connectivity index (χ1) is 7.65. The third-order valence-corrected chi connectivity index (χ3v) is 2.86. The first-order valence-corrected chi connectivity index (χ1v) is 5.75. The number of hydrogen-bond donors (Lipinski definition) is 1. The van der Waals surface area contributed by atoms with Gasteiger partial charge in [-0.05, 0) is 23.8 Å². The summed E-state index contributed by atoms with van der Waals surface area (Å²) in [5.41, 5.74) is 0. The lowest BCUT2D eigenvalue weighted by Crippen LogP contribution is -2.11. The molecule has 0 spiro atoms. The molecule has 0 aromatic carbocycles. The van der Waals surface area contributed by atoms with E-state index in [2.05, 4.69) is 15.5 Å². The first kappa shape index (κ1) is 12.9. The van der Waals surface area contributed by atoms with Gasteiger partial charge in [-0.1, -0.05) is 11.8 Å². The van der Waals surface area contributed by atoms with Crippen LogP contribution in [0.15, 0.2) is 5.16 Å². The van der Waals surface area contributed by atoms with Crippen molar-refractivity contribution in [1.82, 2.24) is 20.2 Å². The van der Waals surface area contributed by atoms with Crippen LogP contribution >= 0.6 is 11.8 Å². The Morgan fingerprint density at radius 2 is 2.44 bits per heavy atom. The van der Waals surface area contributed by atoms with Gasteiger partial charge in [0.15, 0.2) is 0 Å². The second-order valence-corrected chi connectivity index (χ2v) is 4.16. The van der Waals surface area contributed by atoms with E-state index in [9.17, 15) is 4.79 Å². The van der Waals surface area contributed by atoms with Crippen LogP contribution in [-0.4, -0.2) is 50.8 Å². The molecule has 8 heteroatoms. The summed E-state index contributed by atoms with van der Waals surface area (Å²) < 4.78 is 6.58. The quantitative estimate of drug-likeness (QED) is 0.698. The summed E-state index contributed by atoms with van der Waals surface area (Å²) >= 11 is 1.11. The first-order valence-electron chi connectivity index (χ1n) is 4.76. The van der Waals surface area contributed by atoms with Crippen molar-refractivity contribution in [3.05, 3.63) is 0 Å². The molecular formula is C8H14N4O3S. The van der Waals surface area contributed by atoms with Crippen molar-refractivity contribution in [3.8, 4) is 0 Å². The summed E-state index contributed by atoms with van der Waals surface area (Å²) in [6.45, 7) is 2.57. The molecule has 1 unspecified atom stereocenters. The molecule has 1 atom stereocenters. The average Bonchev–Trinajstić information content (AvgIpc) is 2.71. The van der Waals surface area contributed by atoms with Crippen LogP contribution in [0.4, 0.5) is 0 Å². The van der Waals surface area contributed by atoms with Gasteiger partial charge >= 0.3 is 5.97 Å². The van der Waals surface area contributed by atoms with Crippen LogP contribution < -0.4 is 0 Å². The second-order valence-electron chi connectivity index (χ2n) is 3.22. The molecule has 0 saturated heterocycles. The summed E-state index contributed by atoms with van der Waals surface area (Å²) in [5.74, 6) is -0.929. The number of carbonyl (C=O) groups is 1. The van der Waals surface area contributed by atoms with Crippen molar-refractivity contribution >= 4 is 17.7 Å². The molecule has 0 aliphatic heterocycles. The van der Waals surface area contributed by atoms with Crippen molar-refractivity contribution in [1.29, 1.82) is 0 Å². The molecule has 1 aromatic rings. The van der Waals surface area contributed by atoms with Gasteiger partial charge in [-0.25, -0.2) is 4.68 Å². The zero-order chi connectivity index (χ0) is 12.0. The third kappa shape index (κ3) is 3.78. The molecule has 90 valence electrons. The number of methoxy groups -OCH3 is 1. The van der Waals surface area contributed by atoms with Crippen molar-refractivity contribution in [2.45, 2.75) is 24.5 Å². The maximum Gasteiger partial charge on any atom is 0.313 e. The molecule has 0 aliphatic carbocycles. The number of carboxylic acid groups (broad SMARTS) is 1. The number of tetrazole rings is 1.